The molecule has 0 bridgehead atoms. The smallest absolute Gasteiger partial charge is 0.275 e. The number of likely N-dealkylation sites (tertiary alicyclic amines) is 1. The van der Waals surface area contributed by atoms with Gasteiger partial charge in [-0.15, -0.1) is 0 Å². The SMILES string of the molecule is CCc1cc(C(=O)N2CCO[C@@H](CN3CCCC3)[C@@H]2c2ccccc2)n[nH]1. The summed E-state index contributed by atoms with van der Waals surface area (Å²) in [4.78, 5) is 17.7. The lowest BCUT2D eigenvalue weighted by molar-refractivity contribution is -0.0708. The van der Waals surface area contributed by atoms with E-state index < -0.39 is 0 Å². The Hall–Kier alpha value is -2.18. The maximum atomic E-state index is 13.3. The van der Waals surface area contributed by atoms with Crippen molar-refractivity contribution in [2.75, 3.05) is 32.8 Å². The predicted molar refractivity (Wildman–Crippen MR) is 104 cm³/mol. The van der Waals surface area contributed by atoms with Gasteiger partial charge in [-0.25, -0.2) is 0 Å². The maximum absolute atomic E-state index is 13.3. The fourth-order valence-corrected chi connectivity index (χ4v) is 4.18. The number of amides is 1. The minimum absolute atomic E-state index is 0.0190. The van der Waals surface area contributed by atoms with Crippen molar-refractivity contribution < 1.29 is 9.53 Å². The average molecular weight is 368 g/mol. The van der Waals surface area contributed by atoms with Crippen LogP contribution in [0.25, 0.3) is 0 Å². The highest BCUT2D eigenvalue weighted by Crippen LogP contribution is 2.32. The molecule has 2 saturated heterocycles. The molecule has 0 unspecified atom stereocenters. The molecule has 2 aromatic rings. The summed E-state index contributed by atoms with van der Waals surface area (Å²) in [5.41, 5.74) is 2.60. The number of aryl methyl sites for hydroxylation is 1. The summed E-state index contributed by atoms with van der Waals surface area (Å²) in [6.07, 6.45) is 3.31. The molecule has 0 aliphatic carbocycles. The van der Waals surface area contributed by atoms with Crippen molar-refractivity contribution >= 4 is 5.91 Å². The molecule has 2 aliphatic rings. The zero-order valence-corrected chi connectivity index (χ0v) is 15.9. The summed E-state index contributed by atoms with van der Waals surface area (Å²) < 4.78 is 6.19. The van der Waals surface area contributed by atoms with Gasteiger partial charge < -0.3 is 14.5 Å². The van der Waals surface area contributed by atoms with Crippen LogP contribution in [0.2, 0.25) is 0 Å². The summed E-state index contributed by atoms with van der Waals surface area (Å²) in [6.45, 7) is 6.31. The molecule has 0 radical (unpaired) electrons. The zero-order valence-electron chi connectivity index (χ0n) is 15.9. The lowest BCUT2D eigenvalue weighted by Crippen LogP contribution is -2.51. The molecular weight excluding hydrogens is 340 g/mol. The minimum Gasteiger partial charge on any atom is -0.373 e. The van der Waals surface area contributed by atoms with Crippen LogP contribution in [-0.2, 0) is 11.2 Å². The van der Waals surface area contributed by atoms with Gasteiger partial charge in [0.15, 0.2) is 0 Å². The Labute approximate surface area is 160 Å². The average Bonchev–Trinajstić information content (AvgIpc) is 3.40. The standard InChI is InChI=1S/C21H28N4O2/c1-2-17-14-18(23-22-17)21(26)25-12-13-27-19(15-24-10-6-7-11-24)20(25)16-8-4-3-5-9-16/h3-5,8-9,14,19-20H,2,6-7,10-13,15H2,1H3,(H,22,23)/t19-,20-/m0/s1. The molecule has 3 heterocycles. The Kier molecular flexibility index (Phi) is 5.55. The van der Waals surface area contributed by atoms with E-state index in [0.29, 0.717) is 18.8 Å². The number of carbonyl (C=O) groups is 1. The number of hydrogen-bond donors (Lipinski definition) is 1. The van der Waals surface area contributed by atoms with Crippen LogP contribution in [0.5, 0.6) is 0 Å². The second-order valence-electron chi connectivity index (χ2n) is 7.40. The van der Waals surface area contributed by atoms with Crippen LogP contribution in [-0.4, -0.2) is 64.8 Å². The summed E-state index contributed by atoms with van der Waals surface area (Å²) in [6, 6.07) is 12.0. The Morgan fingerprint density at radius 2 is 2.00 bits per heavy atom. The second kappa shape index (κ2) is 8.23. The van der Waals surface area contributed by atoms with Gasteiger partial charge in [0.05, 0.1) is 18.8 Å². The normalized spacial score (nSPS) is 23.7. The van der Waals surface area contributed by atoms with E-state index in [-0.39, 0.29) is 18.1 Å². The summed E-state index contributed by atoms with van der Waals surface area (Å²) in [5, 5.41) is 7.21. The number of carbonyl (C=O) groups excluding carboxylic acids is 1. The molecule has 1 amide bonds. The number of nitrogens with one attached hydrogen (secondary N) is 1. The van der Waals surface area contributed by atoms with E-state index in [1.54, 1.807) is 0 Å². The van der Waals surface area contributed by atoms with E-state index in [1.165, 1.54) is 12.8 Å². The highest BCUT2D eigenvalue weighted by molar-refractivity contribution is 5.92. The van der Waals surface area contributed by atoms with E-state index in [2.05, 4.69) is 34.2 Å². The van der Waals surface area contributed by atoms with E-state index in [1.807, 2.05) is 29.2 Å². The Morgan fingerprint density at radius 1 is 1.22 bits per heavy atom. The molecule has 2 atom stereocenters. The molecule has 1 N–H and O–H groups in total. The van der Waals surface area contributed by atoms with Crippen LogP contribution in [0.1, 0.15) is 47.6 Å². The van der Waals surface area contributed by atoms with Crippen molar-refractivity contribution in [3.63, 3.8) is 0 Å². The number of aromatic amines is 1. The molecule has 6 nitrogen and oxygen atoms in total. The van der Waals surface area contributed by atoms with Gasteiger partial charge in [-0.1, -0.05) is 37.3 Å². The molecule has 144 valence electrons. The van der Waals surface area contributed by atoms with Gasteiger partial charge in [0.1, 0.15) is 5.69 Å². The monoisotopic (exact) mass is 368 g/mol. The molecule has 2 aliphatic heterocycles. The van der Waals surface area contributed by atoms with Crippen LogP contribution < -0.4 is 0 Å². The number of hydrogen-bond acceptors (Lipinski definition) is 4. The van der Waals surface area contributed by atoms with Gasteiger partial charge in [0.25, 0.3) is 5.91 Å². The predicted octanol–water partition coefficient (Wildman–Crippen LogP) is 2.65. The van der Waals surface area contributed by atoms with Gasteiger partial charge in [0.2, 0.25) is 0 Å². The van der Waals surface area contributed by atoms with Gasteiger partial charge in [0, 0.05) is 18.8 Å². The van der Waals surface area contributed by atoms with E-state index in [4.69, 9.17) is 4.74 Å². The first kappa shape index (κ1) is 18.2. The first-order chi connectivity index (χ1) is 13.3. The Morgan fingerprint density at radius 3 is 2.70 bits per heavy atom. The molecule has 1 aromatic carbocycles. The third-order valence-corrected chi connectivity index (χ3v) is 5.62. The highest BCUT2D eigenvalue weighted by Gasteiger charge is 2.38. The molecular formula is C21H28N4O2. The van der Waals surface area contributed by atoms with Gasteiger partial charge in [-0.3, -0.25) is 9.89 Å². The van der Waals surface area contributed by atoms with Crippen molar-refractivity contribution in [2.45, 2.75) is 38.3 Å². The second-order valence-corrected chi connectivity index (χ2v) is 7.40. The van der Waals surface area contributed by atoms with Crippen molar-refractivity contribution in [3.8, 4) is 0 Å². The van der Waals surface area contributed by atoms with Gasteiger partial charge in [-0.2, -0.15) is 5.10 Å². The number of nitrogens with zero attached hydrogens (tertiary/aromatic N) is 3. The number of benzene rings is 1. The van der Waals surface area contributed by atoms with Crippen LogP contribution in [0.4, 0.5) is 0 Å². The van der Waals surface area contributed by atoms with Crippen LogP contribution in [0, 0.1) is 0 Å². The largest absolute Gasteiger partial charge is 0.373 e. The molecule has 0 saturated carbocycles. The van der Waals surface area contributed by atoms with Crippen molar-refractivity contribution in [1.82, 2.24) is 20.0 Å². The summed E-state index contributed by atoms with van der Waals surface area (Å²) in [5.74, 6) is -0.0190. The third-order valence-electron chi connectivity index (χ3n) is 5.62. The summed E-state index contributed by atoms with van der Waals surface area (Å²) in [7, 11) is 0. The summed E-state index contributed by atoms with van der Waals surface area (Å²) >= 11 is 0. The molecule has 6 heteroatoms. The van der Waals surface area contributed by atoms with Crippen LogP contribution in [0.3, 0.4) is 0 Å². The highest BCUT2D eigenvalue weighted by atomic mass is 16.5. The van der Waals surface area contributed by atoms with E-state index in [0.717, 1.165) is 37.3 Å². The quantitative estimate of drug-likeness (QED) is 0.881. The first-order valence-corrected chi connectivity index (χ1v) is 10.0. The Bertz CT molecular complexity index is 755. The fraction of sp³-hybridized carbons (Fsp3) is 0.524. The van der Waals surface area contributed by atoms with Gasteiger partial charge in [-0.05, 0) is 44.0 Å². The lowest BCUT2D eigenvalue weighted by Gasteiger charge is -2.42. The lowest BCUT2D eigenvalue weighted by atomic mass is 9.97. The van der Waals surface area contributed by atoms with E-state index in [9.17, 15) is 4.79 Å². The number of aromatic nitrogens is 2. The maximum Gasteiger partial charge on any atom is 0.275 e. The number of morpholine rings is 1. The van der Waals surface area contributed by atoms with Crippen LogP contribution >= 0.6 is 0 Å². The number of H-pyrrole nitrogens is 1. The zero-order chi connectivity index (χ0) is 18.6. The third kappa shape index (κ3) is 3.92. The van der Waals surface area contributed by atoms with Crippen molar-refractivity contribution in [1.29, 1.82) is 0 Å². The minimum atomic E-state index is -0.0881. The molecule has 27 heavy (non-hydrogen) atoms. The van der Waals surface area contributed by atoms with E-state index >= 15 is 0 Å². The van der Waals surface area contributed by atoms with Crippen LogP contribution in [0.15, 0.2) is 36.4 Å². The Balaban J connectivity index is 1.62. The molecule has 4 rings (SSSR count). The number of rotatable bonds is 5. The first-order valence-electron chi connectivity index (χ1n) is 10.0. The topological polar surface area (TPSA) is 61.5 Å². The molecule has 1 aromatic heterocycles. The number of ether oxygens (including phenoxy) is 1. The van der Waals surface area contributed by atoms with Crippen molar-refractivity contribution in [2.24, 2.45) is 0 Å². The van der Waals surface area contributed by atoms with Crippen molar-refractivity contribution in [3.05, 3.63) is 53.3 Å². The fourth-order valence-electron chi connectivity index (χ4n) is 4.18. The molecule has 0 spiro atoms. The molecule has 2 fully saturated rings. The van der Waals surface area contributed by atoms with Gasteiger partial charge >= 0.3 is 0 Å².